The molecule has 0 aromatic heterocycles. The number of guanidine groups is 1. The van der Waals surface area contributed by atoms with Crippen molar-refractivity contribution in [3.05, 3.63) is 65.7 Å². The lowest BCUT2D eigenvalue weighted by atomic mass is 10.1. The van der Waals surface area contributed by atoms with E-state index in [-0.39, 0.29) is 0 Å². The van der Waals surface area contributed by atoms with Gasteiger partial charge in [0.05, 0.1) is 19.8 Å². The maximum atomic E-state index is 5.71. The lowest BCUT2D eigenvalue weighted by Gasteiger charge is -2.26. The molecule has 0 saturated carbocycles. The number of nitrogens with one attached hydrogen (secondary N) is 2. The Bertz CT molecular complexity index is 728. The van der Waals surface area contributed by atoms with E-state index in [9.17, 15) is 0 Å². The highest BCUT2D eigenvalue weighted by molar-refractivity contribution is 5.79. The summed E-state index contributed by atoms with van der Waals surface area (Å²) in [5, 5.41) is 6.70. The van der Waals surface area contributed by atoms with Crippen LogP contribution in [0.25, 0.3) is 0 Å². The van der Waals surface area contributed by atoms with Gasteiger partial charge in [0.2, 0.25) is 0 Å². The zero-order chi connectivity index (χ0) is 20.2. The average Bonchev–Trinajstić information content (AvgIpc) is 2.78. The van der Waals surface area contributed by atoms with Crippen molar-refractivity contribution in [3.8, 4) is 5.75 Å². The second-order valence-corrected chi connectivity index (χ2v) is 7.07. The summed E-state index contributed by atoms with van der Waals surface area (Å²) in [4.78, 5) is 6.72. The molecule has 1 fully saturated rings. The summed E-state index contributed by atoms with van der Waals surface area (Å²) in [6.45, 7) is 6.94. The molecule has 2 N–H and O–H groups in total. The van der Waals surface area contributed by atoms with Gasteiger partial charge in [0.1, 0.15) is 5.75 Å². The van der Waals surface area contributed by atoms with Gasteiger partial charge in [0.15, 0.2) is 5.96 Å². The highest BCUT2D eigenvalue weighted by Gasteiger charge is 2.10. The second kappa shape index (κ2) is 12.1. The molecule has 156 valence electrons. The molecule has 2 aromatic carbocycles. The maximum Gasteiger partial charge on any atom is 0.191 e. The third-order valence-corrected chi connectivity index (χ3v) is 4.84. The van der Waals surface area contributed by atoms with Gasteiger partial charge >= 0.3 is 0 Å². The highest BCUT2D eigenvalue weighted by Crippen LogP contribution is 2.09. The van der Waals surface area contributed by atoms with E-state index >= 15 is 0 Å². The number of nitrogens with zero attached hydrogens (tertiary/aromatic N) is 2. The van der Waals surface area contributed by atoms with Crippen LogP contribution < -0.4 is 15.4 Å². The normalized spacial score (nSPS) is 15.1. The molecule has 1 aliphatic rings. The van der Waals surface area contributed by atoms with Crippen LogP contribution in [-0.2, 0) is 17.8 Å². The molecular formula is C23H32N4O2. The van der Waals surface area contributed by atoms with Crippen molar-refractivity contribution >= 4 is 5.96 Å². The monoisotopic (exact) mass is 396 g/mol. The molecule has 3 rings (SSSR count). The molecule has 6 heteroatoms. The van der Waals surface area contributed by atoms with Gasteiger partial charge in [-0.25, -0.2) is 0 Å². The SMILES string of the molecule is CN=C(NCCCOc1ccccc1)NCc1ccc(CN2CCOCC2)cc1. The smallest absolute Gasteiger partial charge is 0.191 e. The number of hydrogen-bond acceptors (Lipinski definition) is 4. The van der Waals surface area contributed by atoms with Crippen LogP contribution in [0.1, 0.15) is 17.5 Å². The number of ether oxygens (including phenoxy) is 2. The van der Waals surface area contributed by atoms with Crippen molar-refractivity contribution < 1.29 is 9.47 Å². The fourth-order valence-corrected chi connectivity index (χ4v) is 3.17. The number of hydrogen-bond donors (Lipinski definition) is 2. The molecule has 0 amide bonds. The Morgan fingerprint density at radius 1 is 1.00 bits per heavy atom. The molecule has 0 bridgehead atoms. The summed E-state index contributed by atoms with van der Waals surface area (Å²) in [5.41, 5.74) is 2.59. The first-order valence-electron chi connectivity index (χ1n) is 10.3. The van der Waals surface area contributed by atoms with Gasteiger partial charge in [-0.3, -0.25) is 9.89 Å². The van der Waals surface area contributed by atoms with Crippen LogP contribution in [0.15, 0.2) is 59.6 Å². The summed E-state index contributed by atoms with van der Waals surface area (Å²) in [5.74, 6) is 1.72. The Balaban J connectivity index is 1.32. The van der Waals surface area contributed by atoms with E-state index in [0.29, 0.717) is 6.61 Å². The number of para-hydroxylation sites is 1. The van der Waals surface area contributed by atoms with Gasteiger partial charge in [-0.1, -0.05) is 42.5 Å². The largest absolute Gasteiger partial charge is 0.494 e. The average molecular weight is 397 g/mol. The molecule has 0 atom stereocenters. The minimum Gasteiger partial charge on any atom is -0.494 e. The molecule has 6 nitrogen and oxygen atoms in total. The van der Waals surface area contributed by atoms with E-state index in [2.05, 4.69) is 44.8 Å². The van der Waals surface area contributed by atoms with E-state index in [1.165, 1.54) is 11.1 Å². The Labute approximate surface area is 173 Å². The van der Waals surface area contributed by atoms with E-state index in [4.69, 9.17) is 9.47 Å². The fraction of sp³-hybridized carbons (Fsp3) is 0.435. The summed E-state index contributed by atoms with van der Waals surface area (Å²) in [7, 11) is 1.79. The van der Waals surface area contributed by atoms with Crippen LogP contribution in [-0.4, -0.2) is 57.4 Å². The van der Waals surface area contributed by atoms with Crippen molar-refractivity contribution in [1.82, 2.24) is 15.5 Å². The summed E-state index contributed by atoms with van der Waals surface area (Å²) < 4.78 is 11.1. The number of benzene rings is 2. The van der Waals surface area contributed by atoms with Gasteiger partial charge in [0.25, 0.3) is 0 Å². The number of aliphatic imine (C=N–C) groups is 1. The lowest BCUT2D eigenvalue weighted by Crippen LogP contribution is -2.37. The van der Waals surface area contributed by atoms with Crippen LogP contribution in [0.5, 0.6) is 5.75 Å². The first kappa shape index (κ1) is 21.1. The van der Waals surface area contributed by atoms with E-state index in [1.807, 2.05) is 30.3 Å². The van der Waals surface area contributed by atoms with Crippen LogP contribution in [0.4, 0.5) is 0 Å². The molecule has 1 saturated heterocycles. The zero-order valence-corrected chi connectivity index (χ0v) is 17.3. The molecule has 0 spiro atoms. The number of rotatable bonds is 9. The molecule has 0 radical (unpaired) electrons. The van der Waals surface area contributed by atoms with E-state index < -0.39 is 0 Å². The maximum absolute atomic E-state index is 5.71. The van der Waals surface area contributed by atoms with Crippen LogP contribution in [0, 0.1) is 0 Å². The minimum absolute atomic E-state index is 0.679. The molecule has 1 heterocycles. The van der Waals surface area contributed by atoms with Crippen LogP contribution in [0.2, 0.25) is 0 Å². The van der Waals surface area contributed by atoms with Gasteiger partial charge in [-0.15, -0.1) is 0 Å². The predicted octanol–water partition coefficient (Wildman–Crippen LogP) is 2.65. The lowest BCUT2D eigenvalue weighted by molar-refractivity contribution is 0.0342. The summed E-state index contributed by atoms with van der Waals surface area (Å²) in [6, 6.07) is 18.7. The molecule has 2 aromatic rings. The van der Waals surface area contributed by atoms with Gasteiger partial charge in [-0.2, -0.15) is 0 Å². The Morgan fingerprint density at radius 3 is 2.45 bits per heavy atom. The Morgan fingerprint density at radius 2 is 1.72 bits per heavy atom. The summed E-state index contributed by atoms with van der Waals surface area (Å²) in [6.07, 6.45) is 0.909. The number of morpholine rings is 1. The topological polar surface area (TPSA) is 58.1 Å². The minimum atomic E-state index is 0.679. The van der Waals surface area contributed by atoms with Gasteiger partial charge in [-0.05, 0) is 29.7 Å². The fourth-order valence-electron chi connectivity index (χ4n) is 3.17. The molecule has 29 heavy (non-hydrogen) atoms. The third-order valence-electron chi connectivity index (χ3n) is 4.84. The molecule has 1 aliphatic heterocycles. The van der Waals surface area contributed by atoms with E-state index in [1.54, 1.807) is 7.05 Å². The highest BCUT2D eigenvalue weighted by atomic mass is 16.5. The Kier molecular flexibility index (Phi) is 8.82. The predicted molar refractivity (Wildman–Crippen MR) is 117 cm³/mol. The standard InChI is InChI=1S/C23H32N4O2/c1-24-23(25-12-5-15-29-22-6-3-2-4-7-22)26-18-20-8-10-21(11-9-20)19-27-13-16-28-17-14-27/h2-4,6-11H,5,12-19H2,1H3,(H2,24,25,26). The first-order valence-corrected chi connectivity index (χ1v) is 10.3. The first-order chi connectivity index (χ1) is 14.3. The van der Waals surface area contributed by atoms with Crippen molar-refractivity contribution in [3.63, 3.8) is 0 Å². The molecule has 0 unspecified atom stereocenters. The van der Waals surface area contributed by atoms with Crippen molar-refractivity contribution in [2.45, 2.75) is 19.5 Å². The molecular weight excluding hydrogens is 364 g/mol. The summed E-state index contributed by atoms with van der Waals surface area (Å²) >= 11 is 0. The van der Waals surface area contributed by atoms with Crippen molar-refractivity contribution in [1.29, 1.82) is 0 Å². The van der Waals surface area contributed by atoms with Crippen molar-refractivity contribution in [2.75, 3.05) is 46.5 Å². The van der Waals surface area contributed by atoms with Gasteiger partial charge in [0, 0.05) is 39.8 Å². The zero-order valence-electron chi connectivity index (χ0n) is 17.3. The Hall–Kier alpha value is -2.57. The van der Waals surface area contributed by atoms with Crippen LogP contribution in [0.3, 0.4) is 0 Å². The van der Waals surface area contributed by atoms with E-state index in [0.717, 1.165) is 64.1 Å². The van der Waals surface area contributed by atoms with Crippen LogP contribution >= 0.6 is 0 Å². The van der Waals surface area contributed by atoms with Gasteiger partial charge < -0.3 is 20.1 Å². The van der Waals surface area contributed by atoms with Crippen molar-refractivity contribution in [2.24, 2.45) is 4.99 Å². The molecule has 0 aliphatic carbocycles. The second-order valence-electron chi connectivity index (χ2n) is 7.07. The quantitative estimate of drug-likeness (QED) is 0.388. The third kappa shape index (κ3) is 7.75.